The van der Waals surface area contributed by atoms with Gasteiger partial charge < -0.3 is 72.0 Å². The highest BCUT2D eigenvalue weighted by atomic mass is 16.6. The van der Waals surface area contributed by atoms with Crippen molar-refractivity contribution in [1.29, 1.82) is 0 Å². The molecule has 8 N–H and O–H groups in total. The number of ether oxygens (including phenoxy) is 4. The van der Waals surface area contributed by atoms with E-state index in [1.165, 1.54) is 6.08 Å². The van der Waals surface area contributed by atoms with Gasteiger partial charge in [-0.3, -0.25) is 43.2 Å². The molecule has 135 heavy (non-hydrogen) atoms. The fraction of sp³-hybridized carbons (Fsp3) is 0.283. The molecule has 0 radical (unpaired) electrons. The third-order valence-electron chi connectivity index (χ3n) is 21.0. The number of carboxylic acids is 1. The van der Waals surface area contributed by atoms with Crippen molar-refractivity contribution in [2.45, 2.75) is 176 Å². The van der Waals surface area contributed by atoms with Crippen LogP contribution in [-0.2, 0) is 93.3 Å². The van der Waals surface area contributed by atoms with Gasteiger partial charge in [-0.05, 0) is 106 Å². The molecule has 0 amide bonds. The number of aliphatic hydroxyl groups excluding tert-OH is 7. The molecule has 2 saturated carbocycles. The van der Waals surface area contributed by atoms with Gasteiger partial charge in [0.25, 0.3) is 0 Å². The maximum absolute atomic E-state index is 13.3. The van der Waals surface area contributed by atoms with Crippen molar-refractivity contribution in [1.82, 2.24) is 0 Å². The van der Waals surface area contributed by atoms with Gasteiger partial charge in [0.05, 0.1) is 24.2 Å². The Kier molecular flexibility index (Phi) is 57.5. The van der Waals surface area contributed by atoms with Gasteiger partial charge in [-0.25, -0.2) is 0 Å². The van der Waals surface area contributed by atoms with Crippen molar-refractivity contribution in [3.05, 3.63) is 402 Å². The molecule has 10 aromatic carbocycles. The van der Waals surface area contributed by atoms with Crippen molar-refractivity contribution in [3.63, 3.8) is 0 Å². The summed E-state index contributed by atoms with van der Waals surface area (Å²) in [6.45, 7) is 3.42. The summed E-state index contributed by atoms with van der Waals surface area (Å²) in [5.41, 5.74) is 8.84. The predicted molar refractivity (Wildman–Crippen MR) is 523 cm³/mol. The smallest absolute Gasteiger partial charge is 0.320 e. The predicted octanol–water partition coefficient (Wildman–Crippen LogP) is 19.3. The van der Waals surface area contributed by atoms with E-state index in [0.717, 1.165) is 69.2 Å². The average molecular weight is 1840 g/mol. The van der Waals surface area contributed by atoms with Gasteiger partial charge >= 0.3 is 29.8 Å². The molecule has 22 nitrogen and oxygen atoms in total. The number of rotatable bonds is 28. The Morgan fingerprint density at radius 3 is 1.09 bits per heavy atom. The van der Waals surface area contributed by atoms with Crippen molar-refractivity contribution in [2.24, 2.45) is 29.6 Å². The second-order valence-corrected chi connectivity index (χ2v) is 30.2. The summed E-state index contributed by atoms with van der Waals surface area (Å²) in [6, 6.07) is 91.7. The minimum Gasteiger partial charge on any atom is -0.481 e. The molecule has 14 rings (SSSR count). The van der Waals surface area contributed by atoms with Gasteiger partial charge in [-0.15, -0.1) is 6.42 Å². The zero-order chi connectivity index (χ0) is 93.6. The Bertz CT molecular complexity index is 5090. The van der Waals surface area contributed by atoms with Gasteiger partial charge in [0.15, 0.2) is 17.5 Å². The molecule has 22 heteroatoms. The van der Waals surface area contributed by atoms with Crippen LogP contribution < -0.4 is 0 Å². The molecule has 0 saturated heterocycles. The zero-order valence-electron chi connectivity index (χ0n) is 73.1. The second-order valence-electron chi connectivity index (χ2n) is 30.2. The van der Waals surface area contributed by atoms with Crippen LogP contribution in [0.25, 0.3) is 0 Å². The van der Waals surface area contributed by atoms with Gasteiger partial charge in [0, 0.05) is 55.6 Å². The fourth-order valence-corrected chi connectivity index (χ4v) is 14.3. The number of carboxylic acid groups (broad SMARTS) is 1. The summed E-state index contributed by atoms with van der Waals surface area (Å²) in [5.74, 6) is 0.574. The van der Waals surface area contributed by atoms with Crippen LogP contribution in [0.3, 0.4) is 0 Å². The van der Waals surface area contributed by atoms with Crippen LogP contribution in [0.4, 0.5) is 0 Å². The molecule has 0 bridgehead atoms. The van der Waals surface area contributed by atoms with Gasteiger partial charge in [0.2, 0.25) is 0 Å². The number of benzene rings is 10. The molecular formula is C113H129O22-. The molecule has 4 aliphatic rings. The summed E-state index contributed by atoms with van der Waals surface area (Å²) >= 11 is 0. The Balaban J connectivity index is 0.000000545. The van der Waals surface area contributed by atoms with Crippen LogP contribution >= 0.6 is 0 Å². The van der Waals surface area contributed by atoms with E-state index in [1.807, 2.05) is 267 Å². The number of hydrogen-bond acceptors (Lipinski definition) is 21. The van der Waals surface area contributed by atoms with E-state index in [0.29, 0.717) is 67.9 Å². The molecular weight excluding hydrogens is 1710 g/mol. The van der Waals surface area contributed by atoms with Crippen LogP contribution in [-0.4, -0.2) is 107 Å². The Morgan fingerprint density at radius 1 is 0.437 bits per heavy atom. The summed E-state index contributed by atoms with van der Waals surface area (Å²) in [7, 11) is 0. The summed E-state index contributed by atoms with van der Waals surface area (Å²) in [6.07, 6.45) is 10.6. The lowest BCUT2D eigenvalue weighted by Gasteiger charge is -2.28. The molecule has 0 aromatic heterocycles. The maximum Gasteiger partial charge on any atom is 0.320 e. The quantitative estimate of drug-likeness (QED) is 0.00330. The SMILES string of the molecule is C.C.C.C.C#CC(O)c1ccccc1.C=CC=O.O=C(CC(=O)OCc1ccccc1)OCc1ccccc1.O=C(O)CC1CCC(O)C1C(O)c1ccccc1.O=C(OCc1ccccc1)C(C(=O)OCc1ccccc1)C1CCC(=O)C1C(O)c1ccccc1.O=C1CCC=C1C(O)c1ccccc1.O=C1CCC=C1C(O)c1ccccc1.O=CCCC#CC(O)c1ccccc1.[CH3-]. The topological polar surface area (TPSA) is 369 Å². The van der Waals surface area contributed by atoms with E-state index in [9.17, 15) is 73.8 Å². The van der Waals surface area contributed by atoms with E-state index in [4.69, 9.17) is 40.4 Å². The number of hydrogen-bond donors (Lipinski definition) is 8. The van der Waals surface area contributed by atoms with E-state index >= 15 is 0 Å². The largest absolute Gasteiger partial charge is 0.481 e. The maximum atomic E-state index is 13.3. The first-order valence-electron chi connectivity index (χ1n) is 42.6. The van der Waals surface area contributed by atoms with Crippen molar-refractivity contribution in [2.75, 3.05) is 0 Å². The Hall–Kier alpha value is -14.0. The Morgan fingerprint density at radius 2 is 0.763 bits per heavy atom. The minimum absolute atomic E-state index is 0. The standard InChI is InChI=1S/C29H28O6.C17H16O4.C14H18O4.3C12H12O2.C9H8O.C3H4O.4CH4.CH3/c30-24-17-16-23(25(24)27(31)22-14-8-3-9-15-22)26(28(32)34-18-20-10-4-1-5-11-20)29(33)35-19-21-12-6-2-7-13-21;18-16(20-12-14-7-3-1-4-8-14)11-17(19)21-13-15-9-5-2-6-10-15;15-11-7-6-10(8-12(16)17)13(11)14(18)9-4-2-1-3-5-9;2*13-11-8-4-7-10(11)12(14)9-5-2-1-3-6-9;13-10-6-2-5-9-12(14)11-7-3-1-4-8-11;1-2-9(10)8-6-4-3-5-7-8;1-2-3-4;;;;;/h1-15,23,25-27,31H,16-19H2;1-10H,11-13H2;1-5,10-11,13-15,18H,6-8H2,(H,16,17);2*1-3,5-7,12,14H,4,8H2;1,3-4,7-8,10,12,14H,2,6H2;1,3-7,9-10H;2-3H,1H2;4*1H4;1H3/q;;;;;;;;;;;;-1. The third kappa shape index (κ3) is 41.3. The number of aliphatic carboxylic acids is 1. The summed E-state index contributed by atoms with van der Waals surface area (Å²) in [4.78, 5) is 115. The number of aldehydes is 2. The highest BCUT2D eigenvalue weighted by Gasteiger charge is 2.50. The van der Waals surface area contributed by atoms with E-state index in [1.54, 1.807) is 48.5 Å². The molecule has 714 valence electrons. The van der Waals surface area contributed by atoms with Gasteiger partial charge in [-0.2, -0.15) is 0 Å². The van der Waals surface area contributed by atoms with Gasteiger partial charge in [0.1, 0.15) is 75.6 Å². The Labute approximate surface area is 795 Å². The summed E-state index contributed by atoms with van der Waals surface area (Å²) in [5, 5.41) is 78.7. The molecule has 0 heterocycles. The number of aliphatic hydroxyl groups is 7. The first-order chi connectivity index (χ1) is 63.0. The number of Topliss-reactive ketones (excluding diaryl/α,β-unsaturated/α-hetero) is 3. The van der Waals surface area contributed by atoms with Gasteiger partial charge in [-0.1, -0.05) is 370 Å². The van der Waals surface area contributed by atoms with Crippen LogP contribution in [0.1, 0.15) is 199 Å². The van der Waals surface area contributed by atoms with Crippen molar-refractivity contribution < 1.29 is 108 Å². The molecule has 2 fully saturated rings. The lowest BCUT2D eigenvalue weighted by atomic mass is 9.78. The molecule has 0 aliphatic heterocycles. The van der Waals surface area contributed by atoms with E-state index in [-0.39, 0.29) is 112 Å². The first kappa shape index (κ1) is 117. The van der Waals surface area contributed by atoms with Crippen LogP contribution in [0.5, 0.6) is 0 Å². The highest BCUT2D eigenvalue weighted by molar-refractivity contribution is 5.99. The lowest BCUT2D eigenvalue weighted by Crippen LogP contribution is -2.38. The molecule has 0 spiro atoms. The number of unbranched alkanes of at least 4 members (excludes halogenated alkanes) is 1. The van der Waals surface area contributed by atoms with Crippen LogP contribution in [0, 0.1) is 61.2 Å². The second kappa shape index (κ2) is 66.3. The van der Waals surface area contributed by atoms with Crippen molar-refractivity contribution in [3.8, 4) is 24.2 Å². The normalized spacial score (nSPS) is 16.1. The van der Waals surface area contributed by atoms with Crippen LogP contribution in [0.2, 0.25) is 0 Å². The molecule has 11 atom stereocenters. The lowest BCUT2D eigenvalue weighted by molar-refractivity contribution is -0.168. The van der Waals surface area contributed by atoms with Crippen LogP contribution in [0.15, 0.2) is 339 Å². The third-order valence-corrected chi connectivity index (χ3v) is 21.0. The zero-order valence-corrected chi connectivity index (χ0v) is 73.1. The number of carbonyl (C=O) groups excluding carboxylic acids is 9. The number of carbonyl (C=O) groups is 10. The minimum atomic E-state index is -1.32. The summed E-state index contributed by atoms with van der Waals surface area (Å²) < 4.78 is 21.0. The van der Waals surface area contributed by atoms with E-state index in [2.05, 4.69) is 24.3 Å². The highest BCUT2D eigenvalue weighted by Crippen LogP contribution is 2.45. The molecule has 4 aliphatic carbocycles. The monoisotopic (exact) mass is 1840 g/mol. The fourth-order valence-electron chi connectivity index (χ4n) is 14.3. The number of terminal acetylenes is 1. The first-order valence-corrected chi connectivity index (χ1v) is 42.6. The average Bonchev–Trinajstić information content (AvgIpc) is 1.66. The number of esters is 4. The number of ketones is 3. The number of allylic oxidation sites excluding steroid dienone is 3. The van der Waals surface area contributed by atoms with Crippen molar-refractivity contribution >= 4 is 59.8 Å². The molecule has 10 aromatic rings. The van der Waals surface area contributed by atoms with E-state index < -0.39 is 90.3 Å². The molecule has 11 unspecified atom stereocenters.